The summed E-state index contributed by atoms with van der Waals surface area (Å²) >= 11 is 0. The molecule has 6 nitrogen and oxygen atoms in total. The van der Waals surface area contributed by atoms with Gasteiger partial charge in [-0.15, -0.1) is 0 Å². The van der Waals surface area contributed by atoms with Gasteiger partial charge < -0.3 is 10.1 Å². The molecule has 0 aliphatic carbocycles. The molecule has 0 saturated carbocycles. The van der Waals surface area contributed by atoms with E-state index in [2.05, 4.69) is 33.0 Å². The second-order valence-corrected chi connectivity index (χ2v) is 12.3. The Kier molecular flexibility index (Phi) is 8.16. The van der Waals surface area contributed by atoms with Gasteiger partial charge in [0.25, 0.3) is 10.0 Å². The lowest BCUT2D eigenvalue weighted by Gasteiger charge is -2.41. The van der Waals surface area contributed by atoms with Crippen LogP contribution in [0.3, 0.4) is 0 Å². The summed E-state index contributed by atoms with van der Waals surface area (Å²) in [6.07, 6.45) is 2.23. The Balaban J connectivity index is 1.66. The number of aryl methyl sites for hydroxylation is 1. The van der Waals surface area contributed by atoms with Gasteiger partial charge in [0.05, 0.1) is 16.6 Å². The van der Waals surface area contributed by atoms with E-state index in [9.17, 15) is 13.2 Å². The van der Waals surface area contributed by atoms with Gasteiger partial charge in [0.15, 0.2) is 0 Å². The number of anilines is 1. The quantitative estimate of drug-likeness (QED) is 0.339. The molecule has 0 radical (unpaired) electrons. The van der Waals surface area contributed by atoms with E-state index in [1.165, 1.54) is 4.31 Å². The molecule has 1 atom stereocenters. The Morgan fingerprint density at radius 2 is 1.63 bits per heavy atom. The van der Waals surface area contributed by atoms with Gasteiger partial charge in [0, 0.05) is 12.0 Å². The summed E-state index contributed by atoms with van der Waals surface area (Å²) in [6.45, 7) is 9.93. The number of hydrogen-bond acceptors (Lipinski definition) is 4. The zero-order valence-corrected chi connectivity index (χ0v) is 23.7. The summed E-state index contributed by atoms with van der Waals surface area (Å²) in [6, 6.07) is 21.6. The first kappa shape index (κ1) is 27.7. The van der Waals surface area contributed by atoms with E-state index in [4.69, 9.17) is 4.74 Å². The fourth-order valence-electron chi connectivity index (χ4n) is 4.98. The van der Waals surface area contributed by atoms with Crippen LogP contribution in [-0.2, 0) is 14.8 Å². The predicted molar refractivity (Wildman–Crippen MR) is 152 cm³/mol. The van der Waals surface area contributed by atoms with E-state index in [1.807, 2.05) is 43.3 Å². The molecular formula is C31H38N2O4S. The SMILES string of the molecule is CCC1(CC)CC(NC(=O)CN(c2ccc(C(C)C)cc2)S(=O)(=O)c2ccc(C)cc2)c2ccccc2O1. The first-order valence-corrected chi connectivity index (χ1v) is 14.8. The second-order valence-electron chi connectivity index (χ2n) is 10.4. The lowest BCUT2D eigenvalue weighted by Crippen LogP contribution is -2.47. The average molecular weight is 535 g/mol. The number of para-hydroxylation sites is 1. The zero-order chi connectivity index (χ0) is 27.5. The number of fused-ring (bicyclic) bond motifs is 1. The summed E-state index contributed by atoms with van der Waals surface area (Å²) in [5.74, 6) is 0.707. The highest BCUT2D eigenvalue weighted by atomic mass is 32.2. The predicted octanol–water partition coefficient (Wildman–Crippen LogP) is 6.51. The van der Waals surface area contributed by atoms with Crippen molar-refractivity contribution in [1.82, 2.24) is 5.32 Å². The van der Waals surface area contributed by atoms with Crippen LogP contribution in [0.1, 0.15) is 75.6 Å². The monoisotopic (exact) mass is 534 g/mol. The van der Waals surface area contributed by atoms with Crippen LogP contribution < -0.4 is 14.4 Å². The number of sulfonamides is 1. The highest BCUT2D eigenvalue weighted by Gasteiger charge is 2.39. The highest BCUT2D eigenvalue weighted by molar-refractivity contribution is 7.92. The largest absolute Gasteiger partial charge is 0.487 e. The number of hydrogen-bond donors (Lipinski definition) is 1. The summed E-state index contributed by atoms with van der Waals surface area (Å²) in [7, 11) is -3.98. The molecule has 1 unspecified atom stereocenters. The van der Waals surface area contributed by atoms with Gasteiger partial charge in [0.1, 0.15) is 17.9 Å². The standard InChI is InChI=1S/C31H38N2O4S/c1-6-31(7-2)20-28(27-10-8-9-11-29(27)37-31)32-30(34)21-33(25-16-14-24(15-17-25)22(3)4)38(35,36)26-18-12-23(5)13-19-26/h8-19,22,28H,6-7,20-21H2,1-5H3,(H,32,34). The number of amides is 1. The van der Waals surface area contributed by atoms with E-state index < -0.39 is 10.0 Å². The molecule has 202 valence electrons. The van der Waals surface area contributed by atoms with Gasteiger partial charge >= 0.3 is 0 Å². The fraction of sp³-hybridized carbons (Fsp3) is 0.387. The zero-order valence-electron chi connectivity index (χ0n) is 22.9. The minimum atomic E-state index is -3.98. The molecule has 1 aliphatic heterocycles. The van der Waals surface area contributed by atoms with E-state index >= 15 is 0 Å². The van der Waals surface area contributed by atoms with Crippen molar-refractivity contribution >= 4 is 21.6 Å². The third kappa shape index (κ3) is 5.73. The molecule has 3 aromatic rings. The lowest BCUT2D eigenvalue weighted by atomic mass is 9.83. The lowest BCUT2D eigenvalue weighted by molar-refractivity contribution is -0.121. The molecule has 7 heteroatoms. The van der Waals surface area contributed by atoms with Gasteiger partial charge in [-0.1, -0.05) is 75.7 Å². The maximum atomic E-state index is 13.8. The number of nitrogens with one attached hydrogen (secondary N) is 1. The summed E-state index contributed by atoms with van der Waals surface area (Å²) in [5, 5.41) is 3.14. The molecule has 4 rings (SSSR count). The van der Waals surface area contributed by atoms with E-state index in [0.29, 0.717) is 18.0 Å². The van der Waals surface area contributed by atoms with Crippen molar-refractivity contribution in [3.63, 3.8) is 0 Å². The Morgan fingerprint density at radius 3 is 2.24 bits per heavy atom. The first-order valence-electron chi connectivity index (χ1n) is 13.3. The maximum absolute atomic E-state index is 13.8. The minimum absolute atomic E-state index is 0.149. The van der Waals surface area contributed by atoms with Crippen LogP contribution in [0.15, 0.2) is 77.7 Å². The molecule has 38 heavy (non-hydrogen) atoms. The van der Waals surface area contributed by atoms with Crippen molar-refractivity contribution in [2.24, 2.45) is 0 Å². The Bertz CT molecular complexity index is 1360. The summed E-state index contributed by atoms with van der Waals surface area (Å²) in [4.78, 5) is 13.7. The van der Waals surface area contributed by atoms with Crippen molar-refractivity contribution in [1.29, 1.82) is 0 Å². The van der Waals surface area contributed by atoms with Crippen molar-refractivity contribution < 1.29 is 17.9 Å². The number of ether oxygens (including phenoxy) is 1. The van der Waals surface area contributed by atoms with Gasteiger partial charge in [-0.2, -0.15) is 0 Å². The van der Waals surface area contributed by atoms with E-state index in [0.717, 1.165) is 35.3 Å². The van der Waals surface area contributed by atoms with Gasteiger partial charge in [0.2, 0.25) is 5.91 Å². The van der Waals surface area contributed by atoms with Gasteiger partial charge in [-0.05, 0) is 61.6 Å². The molecule has 1 N–H and O–H groups in total. The third-order valence-corrected chi connectivity index (χ3v) is 9.35. The van der Waals surface area contributed by atoms with Crippen molar-refractivity contribution in [2.45, 2.75) is 76.3 Å². The number of nitrogens with zero attached hydrogens (tertiary/aromatic N) is 1. The number of rotatable bonds is 9. The van der Waals surface area contributed by atoms with Crippen LogP contribution >= 0.6 is 0 Å². The van der Waals surface area contributed by atoms with Crippen LogP contribution in [-0.4, -0.2) is 26.5 Å². The Morgan fingerprint density at radius 1 is 1.00 bits per heavy atom. The first-order chi connectivity index (χ1) is 18.1. The number of carbonyl (C=O) groups is 1. The Labute approximate surface area is 227 Å². The number of benzene rings is 3. The molecular weight excluding hydrogens is 496 g/mol. The molecule has 0 saturated heterocycles. The van der Waals surface area contributed by atoms with Crippen molar-refractivity contribution in [3.05, 3.63) is 89.5 Å². The molecule has 1 aliphatic rings. The molecule has 0 bridgehead atoms. The molecule has 0 spiro atoms. The minimum Gasteiger partial charge on any atom is -0.487 e. The van der Waals surface area contributed by atoms with Crippen LogP contribution in [0.5, 0.6) is 5.75 Å². The molecule has 1 heterocycles. The third-order valence-electron chi connectivity index (χ3n) is 7.56. The van der Waals surface area contributed by atoms with Crippen LogP contribution in [0, 0.1) is 6.92 Å². The molecule has 1 amide bonds. The highest BCUT2D eigenvalue weighted by Crippen LogP contribution is 2.42. The smallest absolute Gasteiger partial charge is 0.264 e. The maximum Gasteiger partial charge on any atom is 0.264 e. The summed E-state index contributed by atoms with van der Waals surface area (Å²) < 4.78 is 35.2. The van der Waals surface area contributed by atoms with Crippen LogP contribution in [0.25, 0.3) is 0 Å². The van der Waals surface area contributed by atoms with E-state index in [1.54, 1.807) is 36.4 Å². The molecule has 0 fully saturated rings. The van der Waals surface area contributed by atoms with Crippen molar-refractivity contribution in [2.75, 3.05) is 10.8 Å². The molecule has 0 aromatic heterocycles. The van der Waals surface area contributed by atoms with Crippen LogP contribution in [0.2, 0.25) is 0 Å². The van der Waals surface area contributed by atoms with Gasteiger partial charge in [-0.3, -0.25) is 9.10 Å². The summed E-state index contributed by atoms with van der Waals surface area (Å²) in [5.41, 5.74) is 3.04. The van der Waals surface area contributed by atoms with Crippen LogP contribution in [0.4, 0.5) is 5.69 Å². The number of carbonyl (C=O) groups excluding carboxylic acids is 1. The average Bonchev–Trinajstić information content (AvgIpc) is 2.91. The fourth-order valence-corrected chi connectivity index (χ4v) is 6.40. The normalized spacial score (nSPS) is 16.4. The van der Waals surface area contributed by atoms with Crippen molar-refractivity contribution in [3.8, 4) is 5.75 Å². The molecule has 3 aromatic carbocycles. The second kappa shape index (κ2) is 11.2. The topological polar surface area (TPSA) is 75.7 Å². The van der Waals surface area contributed by atoms with E-state index in [-0.39, 0.29) is 29.0 Å². The van der Waals surface area contributed by atoms with Gasteiger partial charge in [-0.25, -0.2) is 8.42 Å². The Hall–Kier alpha value is -3.32.